The molecule has 1 fully saturated rings. The summed E-state index contributed by atoms with van der Waals surface area (Å²) in [5, 5.41) is 17.7. The third kappa shape index (κ3) is 5.04. The van der Waals surface area contributed by atoms with Gasteiger partial charge in [0.25, 0.3) is 5.69 Å². The van der Waals surface area contributed by atoms with Crippen LogP contribution in [0.1, 0.15) is 5.56 Å². The Hall–Kier alpha value is -3.46. The molecule has 0 saturated carbocycles. The third-order valence-electron chi connectivity index (χ3n) is 4.47. The summed E-state index contributed by atoms with van der Waals surface area (Å²) < 4.78 is 0. The lowest BCUT2D eigenvalue weighted by Crippen LogP contribution is -2.44. The van der Waals surface area contributed by atoms with Crippen molar-refractivity contribution in [1.82, 2.24) is 10.3 Å². The van der Waals surface area contributed by atoms with Gasteiger partial charge in [0.2, 0.25) is 0 Å². The van der Waals surface area contributed by atoms with E-state index >= 15 is 0 Å². The lowest BCUT2D eigenvalue weighted by Gasteiger charge is -2.34. The number of hydrazone groups is 1. The number of likely N-dealkylation sites (N-methyl/N-ethyl adjacent to an activating group) is 1. The fraction of sp³-hybridized carbons (Fsp3) is 0.263. The molecule has 0 bridgehead atoms. The summed E-state index contributed by atoms with van der Waals surface area (Å²) in [6.45, 7) is 3.45. The molecule has 2 aromatic carbocycles. The van der Waals surface area contributed by atoms with Crippen molar-refractivity contribution in [3.05, 3.63) is 64.2 Å². The first kappa shape index (κ1) is 19.3. The number of non-ortho nitro benzene ring substituents is 1. The lowest BCUT2D eigenvalue weighted by atomic mass is 10.1. The van der Waals surface area contributed by atoms with Crippen molar-refractivity contribution in [2.75, 3.05) is 43.4 Å². The molecule has 2 N–H and O–H groups in total. The van der Waals surface area contributed by atoms with Crippen LogP contribution in [0, 0.1) is 10.1 Å². The molecule has 0 aromatic heterocycles. The zero-order chi connectivity index (χ0) is 19.9. The Balaban J connectivity index is 1.73. The molecule has 28 heavy (non-hydrogen) atoms. The summed E-state index contributed by atoms with van der Waals surface area (Å²) in [6.07, 6.45) is 1.44. The van der Waals surface area contributed by atoms with E-state index in [9.17, 15) is 14.9 Å². The highest BCUT2D eigenvalue weighted by Gasteiger charge is 2.18. The van der Waals surface area contributed by atoms with Crippen LogP contribution < -0.4 is 15.6 Å². The van der Waals surface area contributed by atoms with Crippen molar-refractivity contribution in [2.24, 2.45) is 5.10 Å². The molecular weight excluding hydrogens is 360 g/mol. The van der Waals surface area contributed by atoms with Crippen LogP contribution in [0.25, 0.3) is 0 Å². The summed E-state index contributed by atoms with van der Waals surface area (Å²) in [4.78, 5) is 27.0. The fourth-order valence-corrected chi connectivity index (χ4v) is 2.94. The van der Waals surface area contributed by atoms with Gasteiger partial charge in [0.05, 0.1) is 11.1 Å². The van der Waals surface area contributed by atoms with Gasteiger partial charge >= 0.3 is 6.03 Å². The van der Waals surface area contributed by atoms with Crippen molar-refractivity contribution < 1.29 is 9.72 Å². The van der Waals surface area contributed by atoms with Gasteiger partial charge in [-0.25, -0.2) is 10.2 Å². The van der Waals surface area contributed by atoms with Crippen LogP contribution in [0.4, 0.5) is 21.9 Å². The van der Waals surface area contributed by atoms with Crippen LogP contribution in [0.2, 0.25) is 0 Å². The van der Waals surface area contributed by atoms with Gasteiger partial charge < -0.3 is 15.1 Å². The molecule has 1 aliphatic rings. The predicted octanol–water partition coefficient (Wildman–Crippen LogP) is 2.50. The number of piperazine rings is 1. The topological polar surface area (TPSA) is 103 Å². The maximum absolute atomic E-state index is 11.9. The monoisotopic (exact) mass is 382 g/mol. The highest BCUT2D eigenvalue weighted by molar-refractivity contribution is 5.92. The Morgan fingerprint density at radius 3 is 2.54 bits per heavy atom. The number of carbonyl (C=O) groups excluding carboxylic acids is 1. The fourth-order valence-electron chi connectivity index (χ4n) is 2.94. The number of amides is 2. The van der Waals surface area contributed by atoms with E-state index in [1.807, 2.05) is 18.2 Å². The highest BCUT2D eigenvalue weighted by Crippen LogP contribution is 2.25. The van der Waals surface area contributed by atoms with Gasteiger partial charge in [-0.05, 0) is 25.2 Å². The molecule has 0 unspecified atom stereocenters. The number of para-hydroxylation sites is 1. The molecule has 9 nitrogen and oxygen atoms in total. The van der Waals surface area contributed by atoms with Gasteiger partial charge in [-0.1, -0.05) is 18.2 Å². The number of benzene rings is 2. The minimum Gasteiger partial charge on any atom is -0.368 e. The SMILES string of the molecule is CN1CCN(c2ccc([N+](=O)[O-])cc2/C=N\NC(=O)Nc2ccccc2)CC1. The van der Waals surface area contributed by atoms with Gasteiger partial charge in [0.1, 0.15) is 0 Å². The van der Waals surface area contributed by atoms with Crippen LogP contribution >= 0.6 is 0 Å². The third-order valence-corrected chi connectivity index (χ3v) is 4.47. The van der Waals surface area contributed by atoms with Crippen molar-refractivity contribution >= 4 is 29.3 Å². The largest absolute Gasteiger partial charge is 0.368 e. The maximum atomic E-state index is 11.9. The van der Waals surface area contributed by atoms with E-state index in [1.54, 1.807) is 18.2 Å². The molecule has 0 spiro atoms. The quantitative estimate of drug-likeness (QED) is 0.470. The molecular formula is C19H22N6O3. The molecule has 9 heteroatoms. The van der Waals surface area contributed by atoms with Crippen LogP contribution in [0.15, 0.2) is 53.6 Å². The van der Waals surface area contributed by atoms with E-state index < -0.39 is 11.0 Å². The first-order valence-corrected chi connectivity index (χ1v) is 8.90. The number of carbonyl (C=O) groups is 1. The summed E-state index contributed by atoms with van der Waals surface area (Å²) >= 11 is 0. The molecule has 146 valence electrons. The van der Waals surface area contributed by atoms with Crippen molar-refractivity contribution in [2.45, 2.75) is 0 Å². The van der Waals surface area contributed by atoms with Gasteiger partial charge in [0, 0.05) is 55.2 Å². The van der Waals surface area contributed by atoms with E-state index in [0.29, 0.717) is 11.3 Å². The maximum Gasteiger partial charge on any atom is 0.339 e. The summed E-state index contributed by atoms with van der Waals surface area (Å²) in [5.74, 6) is 0. The molecule has 1 heterocycles. The first-order chi connectivity index (χ1) is 13.5. The number of nitro benzene ring substituents is 1. The number of hydrogen-bond donors (Lipinski definition) is 2. The number of nitrogens with one attached hydrogen (secondary N) is 2. The summed E-state index contributed by atoms with van der Waals surface area (Å²) in [7, 11) is 2.06. The minimum atomic E-state index is -0.492. The van der Waals surface area contributed by atoms with Crippen LogP contribution in [0.5, 0.6) is 0 Å². The Morgan fingerprint density at radius 2 is 1.86 bits per heavy atom. The van der Waals surface area contributed by atoms with Crippen LogP contribution in [-0.2, 0) is 0 Å². The van der Waals surface area contributed by atoms with E-state index in [1.165, 1.54) is 18.3 Å². The van der Waals surface area contributed by atoms with Crippen molar-refractivity contribution in [1.29, 1.82) is 0 Å². The van der Waals surface area contributed by atoms with Crippen LogP contribution in [-0.4, -0.2) is 55.3 Å². The molecule has 3 rings (SSSR count). The number of urea groups is 1. The van der Waals surface area contributed by atoms with E-state index in [0.717, 1.165) is 31.9 Å². The standard InChI is InChI=1S/C19H22N6O3/c1-23-9-11-24(12-10-23)18-8-7-17(25(27)28)13-15(18)14-20-22-19(26)21-16-5-3-2-4-6-16/h2-8,13-14H,9-12H2,1H3,(H2,21,22,26)/b20-14-. The van der Waals surface area contributed by atoms with Gasteiger partial charge in [-0.3, -0.25) is 10.1 Å². The van der Waals surface area contributed by atoms with Crippen molar-refractivity contribution in [3.8, 4) is 0 Å². The Labute approximate surface area is 162 Å². The number of nitro groups is 1. The Kier molecular flexibility index (Phi) is 6.18. The van der Waals surface area contributed by atoms with E-state index in [4.69, 9.17) is 0 Å². The Morgan fingerprint density at radius 1 is 1.14 bits per heavy atom. The number of rotatable bonds is 5. The molecule has 1 aliphatic heterocycles. The van der Waals surface area contributed by atoms with Crippen molar-refractivity contribution in [3.63, 3.8) is 0 Å². The molecule has 0 aliphatic carbocycles. The molecule has 2 amide bonds. The first-order valence-electron chi connectivity index (χ1n) is 8.90. The number of anilines is 2. The van der Waals surface area contributed by atoms with E-state index in [-0.39, 0.29) is 5.69 Å². The predicted molar refractivity (Wildman–Crippen MR) is 109 cm³/mol. The summed E-state index contributed by atoms with van der Waals surface area (Å²) in [5.41, 5.74) is 4.45. The Bertz CT molecular complexity index is 863. The number of nitrogens with zero attached hydrogens (tertiary/aromatic N) is 4. The number of hydrogen-bond acceptors (Lipinski definition) is 6. The lowest BCUT2D eigenvalue weighted by molar-refractivity contribution is -0.384. The van der Waals surface area contributed by atoms with Gasteiger partial charge in [0.15, 0.2) is 0 Å². The van der Waals surface area contributed by atoms with Crippen LogP contribution in [0.3, 0.4) is 0 Å². The zero-order valence-electron chi connectivity index (χ0n) is 15.5. The molecule has 0 atom stereocenters. The molecule has 1 saturated heterocycles. The second kappa shape index (κ2) is 8.96. The average Bonchev–Trinajstić information content (AvgIpc) is 2.69. The average molecular weight is 382 g/mol. The smallest absolute Gasteiger partial charge is 0.339 e. The second-order valence-electron chi connectivity index (χ2n) is 6.48. The zero-order valence-corrected chi connectivity index (χ0v) is 15.5. The molecule has 0 radical (unpaired) electrons. The normalized spacial score (nSPS) is 14.8. The van der Waals surface area contributed by atoms with Gasteiger partial charge in [-0.2, -0.15) is 5.10 Å². The van der Waals surface area contributed by atoms with Gasteiger partial charge in [-0.15, -0.1) is 0 Å². The molecule has 2 aromatic rings. The minimum absolute atomic E-state index is 0.0203. The second-order valence-corrected chi connectivity index (χ2v) is 6.48. The van der Waals surface area contributed by atoms with E-state index in [2.05, 4.69) is 32.7 Å². The summed E-state index contributed by atoms with van der Waals surface area (Å²) in [6, 6.07) is 13.2. The highest BCUT2D eigenvalue weighted by atomic mass is 16.6.